The van der Waals surface area contributed by atoms with Gasteiger partial charge >= 0.3 is 0 Å². The molecule has 0 aliphatic carbocycles. The molecule has 5 heteroatoms. The monoisotopic (exact) mass is 244 g/mol. The molecule has 0 N–H and O–H groups in total. The van der Waals surface area contributed by atoms with E-state index in [9.17, 15) is 18.4 Å². The van der Waals surface area contributed by atoms with Crippen LogP contribution in [-0.4, -0.2) is 16.1 Å². The fourth-order valence-electron chi connectivity index (χ4n) is 1.21. The summed E-state index contributed by atoms with van der Waals surface area (Å²) >= 11 is 0.821. The highest BCUT2D eigenvalue weighted by molar-refractivity contribution is 8.14. The van der Waals surface area contributed by atoms with Crippen LogP contribution in [0.2, 0.25) is 0 Å². The van der Waals surface area contributed by atoms with Gasteiger partial charge in [0.1, 0.15) is 11.6 Å². The molecule has 0 aromatic heterocycles. The van der Waals surface area contributed by atoms with Crippen LogP contribution in [0.25, 0.3) is 0 Å². The zero-order valence-electron chi connectivity index (χ0n) is 8.79. The number of benzene rings is 1. The van der Waals surface area contributed by atoms with Crippen molar-refractivity contribution in [2.45, 2.75) is 19.1 Å². The van der Waals surface area contributed by atoms with Gasteiger partial charge in [0.15, 0.2) is 10.9 Å². The Morgan fingerprint density at radius 2 is 1.94 bits per heavy atom. The van der Waals surface area contributed by atoms with Gasteiger partial charge in [0, 0.05) is 13.0 Å². The number of halogens is 2. The first kappa shape index (κ1) is 12.8. The predicted molar refractivity (Wildman–Crippen MR) is 58.4 cm³/mol. The van der Waals surface area contributed by atoms with Gasteiger partial charge in [-0.2, -0.15) is 0 Å². The topological polar surface area (TPSA) is 34.1 Å². The quantitative estimate of drug-likeness (QED) is 0.767. The summed E-state index contributed by atoms with van der Waals surface area (Å²) in [6.45, 7) is 2.84. The lowest BCUT2D eigenvalue weighted by atomic mass is 10.1. The van der Waals surface area contributed by atoms with Crippen LogP contribution in [0.1, 0.15) is 24.2 Å². The van der Waals surface area contributed by atoms with Gasteiger partial charge in [-0.15, -0.1) is 0 Å². The SMILES string of the molecule is CC(=O)SC(C)C(=O)c1ccc(F)cc1F. The number of carbonyl (C=O) groups excluding carboxylic acids is 2. The Kier molecular flexibility index (Phi) is 4.18. The molecule has 1 unspecified atom stereocenters. The number of ketones is 1. The van der Waals surface area contributed by atoms with Crippen molar-refractivity contribution in [1.29, 1.82) is 0 Å². The normalized spacial score (nSPS) is 12.2. The molecule has 1 rings (SSSR count). The standard InChI is InChI=1S/C11H10F2O2S/c1-6(16-7(2)14)11(15)9-4-3-8(12)5-10(9)13/h3-6H,1-2H3. The van der Waals surface area contributed by atoms with Crippen molar-refractivity contribution in [3.8, 4) is 0 Å². The summed E-state index contributed by atoms with van der Waals surface area (Å²) in [7, 11) is 0. The summed E-state index contributed by atoms with van der Waals surface area (Å²) < 4.78 is 25.9. The molecular weight excluding hydrogens is 234 g/mol. The number of thioether (sulfide) groups is 1. The highest BCUT2D eigenvalue weighted by atomic mass is 32.2. The molecule has 0 saturated heterocycles. The first-order valence-electron chi connectivity index (χ1n) is 4.58. The molecule has 86 valence electrons. The summed E-state index contributed by atoms with van der Waals surface area (Å²) in [6.07, 6.45) is 0. The van der Waals surface area contributed by atoms with Crippen molar-refractivity contribution in [1.82, 2.24) is 0 Å². The molecule has 1 aromatic carbocycles. The number of hydrogen-bond donors (Lipinski definition) is 0. The van der Waals surface area contributed by atoms with E-state index >= 15 is 0 Å². The third kappa shape index (κ3) is 3.13. The van der Waals surface area contributed by atoms with Gasteiger partial charge in [-0.25, -0.2) is 8.78 Å². The summed E-state index contributed by atoms with van der Waals surface area (Å²) in [6, 6.07) is 2.75. The second-order valence-corrected chi connectivity index (χ2v) is 4.76. The Morgan fingerprint density at radius 3 is 2.44 bits per heavy atom. The van der Waals surface area contributed by atoms with Gasteiger partial charge in [0.25, 0.3) is 0 Å². The highest BCUT2D eigenvalue weighted by Crippen LogP contribution is 2.19. The Balaban J connectivity index is 2.92. The first-order chi connectivity index (χ1) is 7.41. The molecule has 0 heterocycles. The Labute approximate surface area is 96.0 Å². The van der Waals surface area contributed by atoms with Crippen LogP contribution in [0, 0.1) is 11.6 Å². The van der Waals surface area contributed by atoms with Crippen LogP contribution < -0.4 is 0 Å². The molecule has 0 fully saturated rings. The molecule has 0 saturated carbocycles. The predicted octanol–water partition coefficient (Wildman–Crippen LogP) is 2.82. The van der Waals surface area contributed by atoms with Gasteiger partial charge in [-0.1, -0.05) is 11.8 Å². The number of hydrogen-bond acceptors (Lipinski definition) is 3. The second kappa shape index (κ2) is 5.21. The largest absolute Gasteiger partial charge is 0.293 e. The minimum Gasteiger partial charge on any atom is -0.293 e. The van der Waals surface area contributed by atoms with E-state index in [0.29, 0.717) is 6.07 Å². The lowest BCUT2D eigenvalue weighted by Gasteiger charge is -2.08. The van der Waals surface area contributed by atoms with Crippen molar-refractivity contribution < 1.29 is 18.4 Å². The Morgan fingerprint density at radius 1 is 1.31 bits per heavy atom. The van der Waals surface area contributed by atoms with E-state index in [4.69, 9.17) is 0 Å². The fraction of sp³-hybridized carbons (Fsp3) is 0.273. The molecule has 16 heavy (non-hydrogen) atoms. The molecule has 0 amide bonds. The van der Waals surface area contributed by atoms with E-state index in [1.807, 2.05) is 0 Å². The van der Waals surface area contributed by atoms with Crippen molar-refractivity contribution in [3.05, 3.63) is 35.4 Å². The highest BCUT2D eigenvalue weighted by Gasteiger charge is 2.20. The van der Waals surface area contributed by atoms with Crippen LogP contribution in [0.4, 0.5) is 8.78 Å². The molecule has 1 aromatic rings. The molecule has 0 aliphatic heterocycles. The molecule has 0 bridgehead atoms. The summed E-state index contributed by atoms with van der Waals surface area (Å²) in [5.41, 5.74) is -0.192. The van der Waals surface area contributed by atoms with E-state index in [0.717, 1.165) is 23.9 Å². The van der Waals surface area contributed by atoms with E-state index in [1.54, 1.807) is 0 Å². The third-order valence-electron chi connectivity index (χ3n) is 1.91. The lowest BCUT2D eigenvalue weighted by molar-refractivity contribution is -0.109. The molecule has 1 atom stereocenters. The minimum absolute atomic E-state index is 0.192. The third-order valence-corrected chi connectivity index (χ3v) is 2.81. The number of rotatable bonds is 3. The molecule has 2 nitrogen and oxygen atoms in total. The zero-order valence-corrected chi connectivity index (χ0v) is 9.61. The summed E-state index contributed by atoms with van der Waals surface area (Å²) in [5, 5.41) is -0.888. The summed E-state index contributed by atoms with van der Waals surface area (Å²) in [5.74, 6) is -2.15. The van der Waals surface area contributed by atoms with Gasteiger partial charge in [-0.3, -0.25) is 9.59 Å². The van der Waals surface area contributed by atoms with E-state index in [2.05, 4.69) is 0 Å². The Bertz CT molecular complexity index is 432. The minimum atomic E-state index is -0.902. The molecule has 0 spiro atoms. The average molecular weight is 244 g/mol. The second-order valence-electron chi connectivity index (χ2n) is 3.24. The smallest absolute Gasteiger partial charge is 0.186 e. The maximum Gasteiger partial charge on any atom is 0.186 e. The maximum absolute atomic E-state index is 13.2. The van der Waals surface area contributed by atoms with Gasteiger partial charge in [-0.05, 0) is 19.1 Å². The van der Waals surface area contributed by atoms with Gasteiger partial charge in [0.05, 0.1) is 10.8 Å². The van der Waals surface area contributed by atoms with Gasteiger partial charge < -0.3 is 0 Å². The zero-order chi connectivity index (χ0) is 12.3. The van der Waals surface area contributed by atoms with Crippen LogP contribution in [0.5, 0.6) is 0 Å². The summed E-state index contributed by atoms with van der Waals surface area (Å²) in [4.78, 5) is 22.5. The van der Waals surface area contributed by atoms with Crippen LogP contribution in [0.3, 0.4) is 0 Å². The van der Waals surface area contributed by atoms with Crippen molar-refractivity contribution in [3.63, 3.8) is 0 Å². The van der Waals surface area contributed by atoms with Crippen LogP contribution in [0.15, 0.2) is 18.2 Å². The average Bonchev–Trinajstić information content (AvgIpc) is 2.15. The Hall–Kier alpha value is -1.23. The van der Waals surface area contributed by atoms with Crippen molar-refractivity contribution in [2.75, 3.05) is 0 Å². The van der Waals surface area contributed by atoms with Crippen molar-refractivity contribution in [2.24, 2.45) is 0 Å². The number of carbonyl (C=O) groups is 2. The molecular formula is C11H10F2O2S. The van der Waals surface area contributed by atoms with Gasteiger partial charge in [0.2, 0.25) is 0 Å². The molecule has 0 aliphatic rings. The van der Waals surface area contributed by atoms with Crippen LogP contribution >= 0.6 is 11.8 Å². The fourth-order valence-corrected chi connectivity index (χ4v) is 1.94. The maximum atomic E-state index is 13.2. The van der Waals surface area contributed by atoms with Crippen molar-refractivity contribution >= 4 is 22.7 Å². The molecule has 0 radical (unpaired) electrons. The van der Waals surface area contributed by atoms with E-state index in [-0.39, 0.29) is 10.7 Å². The van der Waals surface area contributed by atoms with E-state index in [1.165, 1.54) is 13.8 Å². The lowest BCUT2D eigenvalue weighted by Crippen LogP contribution is -2.16. The van der Waals surface area contributed by atoms with Crippen LogP contribution in [-0.2, 0) is 4.79 Å². The number of Topliss-reactive ketones (excluding diaryl/α,β-unsaturated/α-hetero) is 1. The van der Waals surface area contributed by atoms with E-state index < -0.39 is 22.7 Å². The first-order valence-corrected chi connectivity index (χ1v) is 5.46.